The summed E-state index contributed by atoms with van der Waals surface area (Å²) < 4.78 is 0. The van der Waals surface area contributed by atoms with E-state index in [1.54, 1.807) is 11.3 Å². The monoisotopic (exact) mass is 283 g/mol. The van der Waals surface area contributed by atoms with Crippen LogP contribution >= 0.6 is 11.3 Å². The summed E-state index contributed by atoms with van der Waals surface area (Å²) in [5, 5.41) is 6.47. The van der Waals surface area contributed by atoms with Crippen LogP contribution in [0.4, 0.5) is 11.4 Å². The van der Waals surface area contributed by atoms with Crippen LogP contribution in [-0.4, -0.2) is 12.0 Å². The van der Waals surface area contributed by atoms with E-state index in [2.05, 4.69) is 45.9 Å². The number of nitrogens with two attached hydrogens (primary N) is 1. The van der Waals surface area contributed by atoms with Crippen molar-refractivity contribution in [3.8, 4) is 0 Å². The van der Waals surface area contributed by atoms with Gasteiger partial charge in [-0.25, -0.2) is 0 Å². The van der Waals surface area contributed by atoms with Crippen LogP contribution in [0.3, 0.4) is 0 Å². The average molecular weight is 283 g/mol. The summed E-state index contributed by atoms with van der Waals surface area (Å²) in [7, 11) is 2.11. The largest absolute Gasteiger partial charge is 0.398 e. The lowest BCUT2D eigenvalue weighted by molar-refractivity contribution is 0.933. The number of fused-ring (bicyclic) bond motifs is 1. The Bertz CT molecular complexity index is 735. The lowest BCUT2D eigenvalue weighted by Gasteiger charge is -2.21. The molecule has 0 atom stereocenters. The van der Waals surface area contributed by atoms with Gasteiger partial charge in [-0.3, -0.25) is 4.98 Å². The predicted molar refractivity (Wildman–Crippen MR) is 87.3 cm³/mol. The number of pyridine rings is 1. The van der Waals surface area contributed by atoms with Crippen molar-refractivity contribution in [1.29, 1.82) is 0 Å². The minimum atomic E-state index is 0.778. The van der Waals surface area contributed by atoms with E-state index in [0.717, 1.165) is 28.7 Å². The van der Waals surface area contributed by atoms with Crippen LogP contribution in [0.15, 0.2) is 41.2 Å². The Morgan fingerprint density at radius 3 is 2.85 bits per heavy atom. The smallest absolute Gasteiger partial charge is 0.0449 e. The molecule has 0 amide bonds. The van der Waals surface area contributed by atoms with E-state index in [1.165, 1.54) is 11.3 Å². The molecule has 0 aliphatic carbocycles. The molecule has 3 aromatic rings. The van der Waals surface area contributed by atoms with E-state index in [0.29, 0.717) is 0 Å². The van der Waals surface area contributed by atoms with Crippen molar-refractivity contribution in [2.75, 3.05) is 17.7 Å². The lowest BCUT2D eigenvalue weighted by Crippen LogP contribution is -2.16. The number of hydrogen-bond acceptors (Lipinski definition) is 4. The van der Waals surface area contributed by atoms with E-state index >= 15 is 0 Å². The van der Waals surface area contributed by atoms with E-state index in [-0.39, 0.29) is 0 Å². The van der Waals surface area contributed by atoms with Gasteiger partial charge < -0.3 is 10.6 Å². The Hall–Kier alpha value is -2.07. The van der Waals surface area contributed by atoms with Gasteiger partial charge in [-0.1, -0.05) is 0 Å². The second-order valence-corrected chi connectivity index (χ2v) is 5.81. The molecule has 2 aromatic heterocycles. The topological polar surface area (TPSA) is 42.1 Å². The third-order valence-corrected chi connectivity index (χ3v) is 4.19. The van der Waals surface area contributed by atoms with E-state index in [4.69, 9.17) is 5.73 Å². The molecular weight excluding hydrogens is 266 g/mol. The SMILES string of the molecule is Cc1cc2c(N(C)Cc3ccsc3)ccc(N)c2cn1. The van der Waals surface area contributed by atoms with Crippen LogP contribution in [-0.2, 0) is 6.54 Å². The fraction of sp³-hybridized carbons (Fsp3) is 0.188. The van der Waals surface area contributed by atoms with Crippen molar-refractivity contribution >= 4 is 33.5 Å². The summed E-state index contributed by atoms with van der Waals surface area (Å²) in [5.41, 5.74) is 10.4. The Labute approximate surface area is 122 Å². The van der Waals surface area contributed by atoms with Crippen molar-refractivity contribution in [3.63, 3.8) is 0 Å². The second kappa shape index (κ2) is 5.13. The number of nitrogens with zero attached hydrogens (tertiary/aromatic N) is 2. The number of thiophene rings is 1. The zero-order valence-electron chi connectivity index (χ0n) is 11.6. The van der Waals surface area contributed by atoms with Crippen molar-refractivity contribution in [2.24, 2.45) is 0 Å². The molecule has 2 heterocycles. The average Bonchev–Trinajstić information content (AvgIpc) is 2.91. The maximum absolute atomic E-state index is 6.05. The molecule has 0 aliphatic rings. The second-order valence-electron chi connectivity index (χ2n) is 5.03. The molecule has 2 N–H and O–H groups in total. The fourth-order valence-electron chi connectivity index (χ4n) is 2.42. The number of benzene rings is 1. The van der Waals surface area contributed by atoms with Crippen molar-refractivity contribution in [2.45, 2.75) is 13.5 Å². The third-order valence-electron chi connectivity index (χ3n) is 3.46. The molecule has 102 valence electrons. The highest BCUT2D eigenvalue weighted by atomic mass is 32.1. The molecule has 0 bridgehead atoms. The van der Waals surface area contributed by atoms with Gasteiger partial charge in [-0.15, -0.1) is 0 Å². The highest BCUT2D eigenvalue weighted by Crippen LogP contribution is 2.31. The Morgan fingerprint density at radius 2 is 2.10 bits per heavy atom. The molecule has 1 aromatic carbocycles. The van der Waals surface area contributed by atoms with Gasteiger partial charge in [-0.2, -0.15) is 11.3 Å². The summed E-state index contributed by atoms with van der Waals surface area (Å²) in [6.45, 7) is 2.90. The van der Waals surface area contributed by atoms with Crippen LogP contribution in [0, 0.1) is 6.92 Å². The number of aromatic nitrogens is 1. The summed E-state index contributed by atoms with van der Waals surface area (Å²) in [6, 6.07) is 8.31. The molecular formula is C16H17N3S. The van der Waals surface area contributed by atoms with Crippen LogP contribution < -0.4 is 10.6 Å². The first-order valence-electron chi connectivity index (χ1n) is 6.52. The van der Waals surface area contributed by atoms with E-state index in [1.807, 2.05) is 19.2 Å². The molecule has 3 nitrogen and oxygen atoms in total. The van der Waals surface area contributed by atoms with Gasteiger partial charge in [0.1, 0.15) is 0 Å². The first-order valence-corrected chi connectivity index (χ1v) is 7.46. The number of anilines is 2. The molecule has 4 heteroatoms. The molecule has 0 saturated carbocycles. The lowest BCUT2D eigenvalue weighted by atomic mass is 10.1. The highest BCUT2D eigenvalue weighted by molar-refractivity contribution is 7.07. The van der Waals surface area contributed by atoms with Gasteiger partial charge >= 0.3 is 0 Å². The minimum Gasteiger partial charge on any atom is -0.398 e. The normalized spacial score (nSPS) is 10.9. The first kappa shape index (κ1) is 12.9. The maximum atomic E-state index is 6.05. The fourth-order valence-corrected chi connectivity index (χ4v) is 3.08. The van der Waals surface area contributed by atoms with Gasteiger partial charge in [0.05, 0.1) is 0 Å². The van der Waals surface area contributed by atoms with Crippen LogP contribution in [0.2, 0.25) is 0 Å². The Kier molecular flexibility index (Phi) is 3.32. The molecule has 0 radical (unpaired) electrons. The van der Waals surface area contributed by atoms with Crippen LogP contribution in [0.5, 0.6) is 0 Å². The zero-order valence-corrected chi connectivity index (χ0v) is 12.4. The van der Waals surface area contributed by atoms with Crippen LogP contribution in [0.25, 0.3) is 10.8 Å². The molecule has 0 saturated heterocycles. The van der Waals surface area contributed by atoms with Gasteiger partial charge in [0.2, 0.25) is 0 Å². The minimum absolute atomic E-state index is 0.778. The summed E-state index contributed by atoms with van der Waals surface area (Å²) in [4.78, 5) is 6.60. The molecule has 20 heavy (non-hydrogen) atoms. The van der Waals surface area contributed by atoms with Gasteiger partial charge in [0.25, 0.3) is 0 Å². The molecule has 0 aliphatic heterocycles. The Balaban J connectivity index is 2.06. The summed E-state index contributed by atoms with van der Waals surface area (Å²) in [5.74, 6) is 0. The standard InChI is InChI=1S/C16H17N3S/c1-11-7-13-14(8-18-11)15(17)3-4-16(13)19(2)9-12-5-6-20-10-12/h3-8,10H,9,17H2,1-2H3. The molecule has 3 rings (SSSR count). The van der Waals surface area contributed by atoms with Gasteiger partial charge in [0, 0.05) is 47.6 Å². The molecule has 0 unspecified atom stereocenters. The zero-order chi connectivity index (χ0) is 14.1. The van der Waals surface area contributed by atoms with E-state index < -0.39 is 0 Å². The maximum Gasteiger partial charge on any atom is 0.0449 e. The van der Waals surface area contributed by atoms with Crippen molar-refractivity contribution in [3.05, 3.63) is 52.5 Å². The first-order chi connectivity index (χ1) is 9.65. The third kappa shape index (κ3) is 2.34. The summed E-state index contributed by atoms with van der Waals surface area (Å²) in [6.07, 6.45) is 1.86. The van der Waals surface area contributed by atoms with Crippen LogP contribution in [0.1, 0.15) is 11.3 Å². The number of rotatable bonds is 3. The van der Waals surface area contributed by atoms with Gasteiger partial charge in [0.15, 0.2) is 0 Å². The molecule has 0 spiro atoms. The van der Waals surface area contributed by atoms with Crippen molar-refractivity contribution < 1.29 is 0 Å². The quantitative estimate of drug-likeness (QED) is 0.743. The number of nitrogen functional groups attached to an aromatic ring is 1. The van der Waals surface area contributed by atoms with Gasteiger partial charge in [-0.05, 0) is 47.5 Å². The predicted octanol–water partition coefficient (Wildman–Crippen LogP) is 3.82. The highest BCUT2D eigenvalue weighted by Gasteiger charge is 2.09. The molecule has 0 fully saturated rings. The van der Waals surface area contributed by atoms with E-state index in [9.17, 15) is 0 Å². The summed E-state index contributed by atoms with van der Waals surface area (Å²) >= 11 is 1.73. The number of aryl methyl sites for hydroxylation is 1. The number of hydrogen-bond donors (Lipinski definition) is 1. The Morgan fingerprint density at radius 1 is 1.25 bits per heavy atom. The van der Waals surface area contributed by atoms with Crippen molar-refractivity contribution in [1.82, 2.24) is 4.98 Å².